The Balaban J connectivity index is 1.99. The van der Waals surface area contributed by atoms with Crippen molar-refractivity contribution in [1.29, 1.82) is 0 Å². The number of hydrogen-bond acceptors (Lipinski definition) is 2. The van der Waals surface area contributed by atoms with E-state index in [2.05, 4.69) is 5.32 Å². The summed E-state index contributed by atoms with van der Waals surface area (Å²) in [5, 5.41) is 12.5. The third-order valence-electron chi connectivity index (χ3n) is 3.45. The molecule has 0 heterocycles. The molecule has 2 fully saturated rings. The molecule has 2 aliphatic rings. The fraction of sp³-hybridized carbons (Fsp3) is 0.900. The van der Waals surface area contributed by atoms with Crippen LogP contribution >= 0.6 is 0 Å². The molecule has 2 saturated carbocycles. The fourth-order valence-corrected chi connectivity index (χ4v) is 2.34. The number of hydrogen-bond donors (Lipinski definition) is 2. The van der Waals surface area contributed by atoms with Crippen LogP contribution in [-0.2, 0) is 4.79 Å². The summed E-state index contributed by atoms with van der Waals surface area (Å²) in [7, 11) is 0. The molecule has 0 aromatic rings. The van der Waals surface area contributed by atoms with E-state index in [4.69, 9.17) is 5.11 Å². The Kier molecular flexibility index (Phi) is 2.28. The predicted octanol–water partition coefficient (Wildman–Crippen LogP) is 1.53. The van der Waals surface area contributed by atoms with Crippen LogP contribution in [0, 0.1) is 0 Å². The quantitative estimate of drug-likeness (QED) is 0.697. The van der Waals surface area contributed by atoms with Gasteiger partial charge in [0.15, 0.2) is 0 Å². The molecule has 0 radical (unpaired) electrons. The maximum atomic E-state index is 11.1. The minimum atomic E-state index is -0.642. The lowest BCUT2D eigenvalue weighted by Gasteiger charge is -2.35. The molecule has 2 N–H and O–H groups in total. The van der Waals surface area contributed by atoms with Crippen molar-refractivity contribution in [1.82, 2.24) is 5.32 Å². The Morgan fingerprint density at radius 3 is 2.23 bits per heavy atom. The van der Waals surface area contributed by atoms with Gasteiger partial charge < -0.3 is 5.11 Å². The van der Waals surface area contributed by atoms with Gasteiger partial charge in [-0.25, -0.2) is 0 Å². The Hall–Kier alpha value is -0.570. The highest BCUT2D eigenvalue weighted by molar-refractivity contribution is 5.79. The first-order chi connectivity index (χ1) is 6.23. The topological polar surface area (TPSA) is 49.3 Å². The van der Waals surface area contributed by atoms with E-state index in [1.807, 2.05) is 0 Å². The summed E-state index contributed by atoms with van der Waals surface area (Å²) in [5.74, 6) is -0.642. The van der Waals surface area contributed by atoms with E-state index in [1.54, 1.807) is 0 Å². The summed E-state index contributed by atoms with van der Waals surface area (Å²) in [5.41, 5.74) is -0.564. The van der Waals surface area contributed by atoms with Crippen LogP contribution in [0.15, 0.2) is 0 Å². The number of carbonyl (C=O) groups is 1. The van der Waals surface area contributed by atoms with Gasteiger partial charge in [0.25, 0.3) is 0 Å². The molecule has 0 amide bonds. The first kappa shape index (κ1) is 9.00. The molecule has 0 aromatic carbocycles. The Labute approximate surface area is 78.5 Å². The largest absolute Gasteiger partial charge is 0.480 e. The average Bonchev–Trinajstić information content (AvgIpc) is 2.46. The lowest BCUT2D eigenvalue weighted by atomic mass is 9.88. The van der Waals surface area contributed by atoms with E-state index in [0.29, 0.717) is 6.04 Å². The molecule has 3 nitrogen and oxygen atoms in total. The van der Waals surface area contributed by atoms with Crippen molar-refractivity contribution in [2.45, 2.75) is 56.5 Å². The summed E-state index contributed by atoms with van der Waals surface area (Å²) >= 11 is 0. The molecule has 2 aliphatic carbocycles. The van der Waals surface area contributed by atoms with E-state index in [1.165, 1.54) is 6.42 Å². The van der Waals surface area contributed by atoms with Gasteiger partial charge in [-0.2, -0.15) is 0 Å². The maximum absolute atomic E-state index is 11.1. The second kappa shape index (κ2) is 3.29. The van der Waals surface area contributed by atoms with Crippen LogP contribution in [0.5, 0.6) is 0 Å². The number of rotatable bonds is 3. The Morgan fingerprint density at radius 2 is 1.85 bits per heavy atom. The van der Waals surface area contributed by atoms with Crippen molar-refractivity contribution in [3.8, 4) is 0 Å². The summed E-state index contributed by atoms with van der Waals surface area (Å²) in [6.45, 7) is 0. The van der Waals surface area contributed by atoms with Crippen molar-refractivity contribution >= 4 is 5.97 Å². The first-order valence-electron chi connectivity index (χ1n) is 5.24. The van der Waals surface area contributed by atoms with E-state index in [-0.39, 0.29) is 0 Å². The molecule has 0 bridgehead atoms. The van der Waals surface area contributed by atoms with Gasteiger partial charge in [-0.1, -0.05) is 19.3 Å². The van der Waals surface area contributed by atoms with E-state index in [9.17, 15) is 4.79 Å². The van der Waals surface area contributed by atoms with Crippen molar-refractivity contribution < 1.29 is 9.90 Å². The summed E-state index contributed by atoms with van der Waals surface area (Å²) < 4.78 is 0. The monoisotopic (exact) mass is 183 g/mol. The number of nitrogens with one attached hydrogen (secondary N) is 1. The van der Waals surface area contributed by atoms with Crippen molar-refractivity contribution in [3.05, 3.63) is 0 Å². The lowest BCUT2D eigenvalue weighted by Crippen LogP contribution is -2.55. The zero-order valence-electron chi connectivity index (χ0n) is 7.88. The number of aliphatic carboxylic acids is 1. The van der Waals surface area contributed by atoms with Gasteiger partial charge in [-0.3, -0.25) is 10.1 Å². The van der Waals surface area contributed by atoms with Crippen LogP contribution < -0.4 is 5.32 Å². The molecule has 3 heteroatoms. The van der Waals surface area contributed by atoms with Gasteiger partial charge >= 0.3 is 5.97 Å². The van der Waals surface area contributed by atoms with Crippen LogP contribution in [-0.4, -0.2) is 22.7 Å². The number of carboxylic acids is 1. The van der Waals surface area contributed by atoms with Crippen LogP contribution in [0.2, 0.25) is 0 Å². The molecule has 0 aliphatic heterocycles. The SMILES string of the molecule is O=C(O)C1(NC2CCC2)CCCC1. The first-order valence-corrected chi connectivity index (χ1v) is 5.24. The van der Waals surface area contributed by atoms with Crippen LogP contribution in [0.25, 0.3) is 0 Å². The second-order valence-electron chi connectivity index (χ2n) is 4.37. The van der Waals surface area contributed by atoms with Crippen molar-refractivity contribution in [3.63, 3.8) is 0 Å². The minimum Gasteiger partial charge on any atom is -0.480 e. The van der Waals surface area contributed by atoms with E-state index in [0.717, 1.165) is 38.5 Å². The third-order valence-corrected chi connectivity index (χ3v) is 3.45. The van der Waals surface area contributed by atoms with Crippen LogP contribution in [0.3, 0.4) is 0 Å². The second-order valence-corrected chi connectivity index (χ2v) is 4.37. The molecule has 13 heavy (non-hydrogen) atoms. The van der Waals surface area contributed by atoms with Gasteiger partial charge in [0.2, 0.25) is 0 Å². The molecule has 0 unspecified atom stereocenters. The van der Waals surface area contributed by atoms with E-state index < -0.39 is 11.5 Å². The average molecular weight is 183 g/mol. The van der Waals surface area contributed by atoms with Gasteiger partial charge in [0, 0.05) is 6.04 Å². The highest BCUT2D eigenvalue weighted by Crippen LogP contribution is 2.33. The maximum Gasteiger partial charge on any atom is 0.323 e. The predicted molar refractivity (Wildman–Crippen MR) is 49.6 cm³/mol. The van der Waals surface area contributed by atoms with Gasteiger partial charge in [-0.15, -0.1) is 0 Å². The van der Waals surface area contributed by atoms with Crippen LogP contribution in [0.1, 0.15) is 44.9 Å². The van der Waals surface area contributed by atoms with Gasteiger partial charge in [-0.05, 0) is 25.7 Å². The standard InChI is InChI=1S/C10H17NO2/c12-9(13)10(6-1-2-7-10)11-8-4-3-5-8/h8,11H,1-7H2,(H,12,13). The number of carboxylic acid groups (broad SMARTS) is 1. The lowest BCUT2D eigenvalue weighted by molar-refractivity contribution is -0.145. The fourth-order valence-electron chi connectivity index (χ4n) is 2.34. The summed E-state index contributed by atoms with van der Waals surface area (Å²) in [4.78, 5) is 11.1. The molecule has 0 aromatic heterocycles. The van der Waals surface area contributed by atoms with Gasteiger partial charge in [0.1, 0.15) is 5.54 Å². The minimum absolute atomic E-state index is 0.481. The van der Waals surface area contributed by atoms with Crippen molar-refractivity contribution in [2.75, 3.05) is 0 Å². The molecular formula is C10H17NO2. The van der Waals surface area contributed by atoms with Gasteiger partial charge in [0.05, 0.1) is 0 Å². The molecule has 0 atom stereocenters. The molecule has 2 rings (SSSR count). The third kappa shape index (κ3) is 1.57. The van der Waals surface area contributed by atoms with E-state index >= 15 is 0 Å². The van der Waals surface area contributed by atoms with Crippen LogP contribution in [0.4, 0.5) is 0 Å². The molecular weight excluding hydrogens is 166 g/mol. The molecule has 0 spiro atoms. The zero-order valence-corrected chi connectivity index (χ0v) is 7.88. The Bertz CT molecular complexity index is 205. The smallest absolute Gasteiger partial charge is 0.323 e. The summed E-state index contributed by atoms with van der Waals surface area (Å²) in [6.07, 6.45) is 7.34. The van der Waals surface area contributed by atoms with Crippen molar-refractivity contribution in [2.24, 2.45) is 0 Å². The normalized spacial score (nSPS) is 27.1. The zero-order chi connectivity index (χ0) is 9.31. The highest BCUT2D eigenvalue weighted by Gasteiger charge is 2.43. The summed E-state index contributed by atoms with van der Waals surface area (Å²) in [6, 6.07) is 0.481. The Morgan fingerprint density at radius 1 is 1.23 bits per heavy atom. The molecule has 74 valence electrons. The highest BCUT2D eigenvalue weighted by atomic mass is 16.4. The molecule has 0 saturated heterocycles.